The van der Waals surface area contributed by atoms with Crippen molar-refractivity contribution in [3.05, 3.63) is 71.9 Å². The van der Waals surface area contributed by atoms with Gasteiger partial charge in [-0.2, -0.15) is 0 Å². The van der Waals surface area contributed by atoms with Gasteiger partial charge in [0.15, 0.2) is 6.73 Å². The molecule has 2 heterocycles. The van der Waals surface area contributed by atoms with E-state index in [2.05, 4.69) is 0 Å². The number of fused-ring (bicyclic) bond motifs is 1. The fourth-order valence-electron chi connectivity index (χ4n) is 3.36. The molecule has 1 fully saturated rings. The first-order chi connectivity index (χ1) is 13.7. The number of carbonyl (C=O) groups excluding carboxylic acids is 3. The Kier molecular flexibility index (Phi) is 4.80. The lowest BCUT2D eigenvalue weighted by Crippen LogP contribution is -2.39. The Balaban J connectivity index is 1.52. The molecular formula is C21H18N2O5. The maximum absolute atomic E-state index is 12.5. The van der Waals surface area contributed by atoms with E-state index in [0.717, 1.165) is 22.0 Å². The number of benzene rings is 2. The molecule has 1 atom stereocenters. The zero-order valence-electron chi connectivity index (χ0n) is 15.0. The zero-order valence-corrected chi connectivity index (χ0v) is 15.0. The van der Waals surface area contributed by atoms with Crippen molar-refractivity contribution in [2.45, 2.75) is 19.1 Å². The molecule has 3 aromatic rings. The van der Waals surface area contributed by atoms with Crippen molar-refractivity contribution in [2.75, 3.05) is 6.73 Å². The largest absolute Gasteiger partial charge is 0.444 e. The summed E-state index contributed by atoms with van der Waals surface area (Å²) in [6.07, 6.45) is 2.01. The Hall–Kier alpha value is -3.61. The number of para-hydroxylation sites is 1. The fraction of sp³-hybridized carbons (Fsp3) is 0.190. The number of esters is 1. The molecule has 1 aliphatic heterocycles. The summed E-state index contributed by atoms with van der Waals surface area (Å²) in [6.45, 7) is -0.0367. The minimum atomic E-state index is -0.797. The summed E-state index contributed by atoms with van der Waals surface area (Å²) < 4.78 is 11.9. The lowest BCUT2D eigenvalue weighted by molar-refractivity contribution is -0.139. The summed E-state index contributed by atoms with van der Waals surface area (Å²) in [5.41, 5.74) is 2.39. The minimum Gasteiger partial charge on any atom is -0.444 e. The molecule has 4 rings (SSSR count). The number of nitrogens with zero attached hydrogens (tertiary/aromatic N) is 2. The predicted octanol–water partition coefficient (Wildman–Crippen LogP) is 2.74. The molecule has 0 bridgehead atoms. The molecule has 2 aromatic carbocycles. The number of cyclic esters (lactones) is 1. The van der Waals surface area contributed by atoms with Crippen LogP contribution in [0.5, 0.6) is 0 Å². The van der Waals surface area contributed by atoms with Crippen LogP contribution in [0.4, 0.5) is 4.79 Å². The second-order valence-corrected chi connectivity index (χ2v) is 6.51. The molecule has 0 aliphatic carbocycles. The molecule has 0 N–H and O–H groups in total. The Morgan fingerprint density at radius 3 is 2.68 bits per heavy atom. The summed E-state index contributed by atoms with van der Waals surface area (Å²) in [5.74, 6) is -0.486. The number of hydrogen-bond donors (Lipinski definition) is 0. The molecular weight excluding hydrogens is 360 g/mol. The summed E-state index contributed by atoms with van der Waals surface area (Å²) in [7, 11) is 0. The Morgan fingerprint density at radius 1 is 1.14 bits per heavy atom. The van der Waals surface area contributed by atoms with Gasteiger partial charge in [-0.3, -0.25) is 14.3 Å². The molecule has 0 unspecified atom stereocenters. The molecule has 0 spiro atoms. The van der Waals surface area contributed by atoms with Crippen LogP contribution in [0.3, 0.4) is 0 Å². The highest BCUT2D eigenvalue weighted by molar-refractivity contribution is 5.90. The maximum Gasteiger partial charge on any atom is 0.413 e. The van der Waals surface area contributed by atoms with E-state index in [-0.39, 0.29) is 19.8 Å². The molecule has 0 saturated carbocycles. The Labute approximate surface area is 161 Å². The van der Waals surface area contributed by atoms with E-state index in [1.165, 1.54) is 9.47 Å². The standard InChI is InChI=1S/C21H18N2O5/c24-13-22-11-16(17-8-4-5-9-18(17)22)10-19-20(25)28-14-23(19)21(26)27-12-15-6-2-1-3-7-15/h1-9,11,13,19H,10,12,14H2/t19-/m0/s1. The number of rotatable bonds is 5. The van der Waals surface area contributed by atoms with E-state index in [1.54, 1.807) is 6.20 Å². The average Bonchev–Trinajstić information content (AvgIpc) is 3.28. The van der Waals surface area contributed by atoms with E-state index >= 15 is 0 Å². The van der Waals surface area contributed by atoms with Gasteiger partial charge in [0.05, 0.1) is 5.52 Å². The molecule has 1 aromatic heterocycles. The van der Waals surface area contributed by atoms with Crippen molar-refractivity contribution in [3.8, 4) is 0 Å². The Bertz CT molecular complexity index is 1030. The van der Waals surface area contributed by atoms with E-state index in [4.69, 9.17) is 9.47 Å². The smallest absolute Gasteiger partial charge is 0.413 e. The summed E-state index contributed by atoms with van der Waals surface area (Å²) in [4.78, 5) is 37.3. The minimum absolute atomic E-state index is 0.113. The highest BCUT2D eigenvalue weighted by Crippen LogP contribution is 2.25. The van der Waals surface area contributed by atoms with Crippen LogP contribution in [0, 0.1) is 0 Å². The number of hydrogen-bond acceptors (Lipinski definition) is 5. The predicted molar refractivity (Wildman–Crippen MR) is 101 cm³/mol. The van der Waals surface area contributed by atoms with Crippen LogP contribution in [0.2, 0.25) is 0 Å². The van der Waals surface area contributed by atoms with Crippen molar-refractivity contribution in [2.24, 2.45) is 0 Å². The third-order valence-corrected chi connectivity index (χ3v) is 4.78. The van der Waals surface area contributed by atoms with Gasteiger partial charge < -0.3 is 9.47 Å². The first kappa shape index (κ1) is 17.8. The molecule has 7 nitrogen and oxygen atoms in total. The SMILES string of the molecule is O=Cn1cc(C[C@H]2C(=O)OCN2C(=O)OCc2ccccc2)c2ccccc21. The zero-order chi connectivity index (χ0) is 19.5. The van der Waals surface area contributed by atoms with E-state index in [1.807, 2.05) is 54.6 Å². The van der Waals surface area contributed by atoms with E-state index in [9.17, 15) is 14.4 Å². The number of amides is 1. The second kappa shape index (κ2) is 7.56. The van der Waals surface area contributed by atoms with Crippen molar-refractivity contribution in [1.82, 2.24) is 9.47 Å². The number of carbonyl (C=O) groups is 3. The van der Waals surface area contributed by atoms with Gasteiger partial charge in [-0.1, -0.05) is 48.5 Å². The molecule has 1 aliphatic rings. The van der Waals surface area contributed by atoms with E-state index in [0.29, 0.717) is 6.41 Å². The third-order valence-electron chi connectivity index (χ3n) is 4.78. The van der Waals surface area contributed by atoms with Gasteiger partial charge in [-0.25, -0.2) is 9.59 Å². The lowest BCUT2D eigenvalue weighted by Gasteiger charge is -2.19. The van der Waals surface area contributed by atoms with Crippen LogP contribution in [0.25, 0.3) is 10.9 Å². The molecule has 1 saturated heterocycles. The third kappa shape index (κ3) is 3.34. The summed E-state index contributed by atoms with van der Waals surface area (Å²) in [6, 6.07) is 15.9. The van der Waals surface area contributed by atoms with Gasteiger partial charge >= 0.3 is 12.1 Å². The van der Waals surface area contributed by atoms with Crippen molar-refractivity contribution in [1.29, 1.82) is 0 Å². The highest BCUT2D eigenvalue weighted by Gasteiger charge is 2.39. The monoisotopic (exact) mass is 378 g/mol. The normalized spacial score (nSPS) is 16.2. The van der Waals surface area contributed by atoms with Gasteiger partial charge in [-0.05, 0) is 17.2 Å². The van der Waals surface area contributed by atoms with Crippen LogP contribution >= 0.6 is 0 Å². The second-order valence-electron chi connectivity index (χ2n) is 6.51. The molecule has 28 heavy (non-hydrogen) atoms. The number of ether oxygens (including phenoxy) is 2. The topological polar surface area (TPSA) is 77.8 Å². The average molecular weight is 378 g/mol. The Morgan fingerprint density at radius 2 is 1.89 bits per heavy atom. The molecule has 7 heteroatoms. The van der Waals surface area contributed by atoms with Crippen LogP contribution in [-0.2, 0) is 32.1 Å². The first-order valence-corrected chi connectivity index (χ1v) is 8.85. The fourth-order valence-corrected chi connectivity index (χ4v) is 3.36. The maximum atomic E-state index is 12.5. The summed E-state index contributed by atoms with van der Waals surface area (Å²) in [5, 5.41) is 0.854. The van der Waals surface area contributed by atoms with Gasteiger partial charge in [0.1, 0.15) is 12.6 Å². The van der Waals surface area contributed by atoms with Gasteiger partial charge in [0.2, 0.25) is 6.41 Å². The number of aromatic nitrogens is 1. The van der Waals surface area contributed by atoms with Gasteiger partial charge in [0.25, 0.3) is 0 Å². The van der Waals surface area contributed by atoms with Crippen LogP contribution in [-0.4, -0.2) is 40.7 Å². The van der Waals surface area contributed by atoms with E-state index < -0.39 is 18.1 Å². The van der Waals surface area contributed by atoms with Crippen molar-refractivity contribution in [3.63, 3.8) is 0 Å². The lowest BCUT2D eigenvalue weighted by atomic mass is 10.0. The molecule has 0 radical (unpaired) electrons. The van der Waals surface area contributed by atoms with Crippen LogP contribution in [0.1, 0.15) is 11.1 Å². The van der Waals surface area contributed by atoms with Crippen molar-refractivity contribution < 1.29 is 23.9 Å². The molecule has 142 valence electrons. The molecule has 1 amide bonds. The summed E-state index contributed by atoms with van der Waals surface area (Å²) >= 11 is 0. The van der Waals surface area contributed by atoms with Gasteiger partial charge in [-0.15, -0.1) is 0 Å². The van der Waals surface area contributed by atoms with Crippen LogP contribution in [0.15, 0.2) is 60.8 Å². The van der Waals surface area contributed by atoms with Crippen LogP contribution < -0.4 is 0 Å². The van der Waals surface area contributed by atoms with Gasteiger partial charge in [0, 0.05) is 18.0 Å². The van der Waals surface area contributed by atoms with Crippen molar-refractivity contribution >= 4 is 29.4 Å². The quantitative estimate of drug-likeness (QED) is 0.504. The first-order valence-electron chi connectivity index (χ1n) is 8.85. The highest BCUT2D eigenvalue weighted by atomic mass is 16.6.